The highest BCUT2D eigenvalue weighted by atomic mass is 32.1. The van der Waals surface area contributed by atoms with E-state index in [9.17, 15) is 0 Å². The lowest BCUT2D eigenvalue weighted by molar-refractivity contribution is 0.241. The summed E-state index contributed by atoms with van der Waals surface area (Å²) in [6, 6.07) is 2.25. The number of nitrogens with one attached hydrogen (secondary N) is 1. The van der Waals surface area contributed by atoms with Crippen LogP contribution in [0.25, 0.3) is 11.5 Å². The zero-order valence-corrected chi connectivity index (χ0v) is 14.7. The van der Waals surface area contributed by atoms with E-state index in [1.54, 1.807) is 17.5 Å². The van der Waals surface area contributed by atoms with E-state index >= 15 is 0 Å². The molecule has 4 rings (SSSR count). The molecule has 3 aromatic rings. The molecule has 1 unspecified atom stereocenters. The summed E-state index contributed by atoms with van der Waals surface area (Å²) in [6.07, 6.45) is 5.84. The average molecular weight is 340 g/mol. The third-order valence-electron chi connectivity index (χ3n) is 4.47. The summed E-state index contributed by atoms with van der Waals surface area (Å²) in [5.41, 5.74) is 4.90. The molecule has 1 saturated heterocycles. The molecule has 1 fully saturated rings. The maximum absolute atomic E-state index is 4.80. The molecule has 1 aliphatic rings. The second-order valence-corrected chi connectivity index (χ2v) is 7.12. The van der Waals surface area contributed by atoms with E-state index < -0.39 is 0 Å². The van der Waals surface area contributed by atoms with Crippen molar-refractivity contribution in [3.8, 4) is 11.5 Å². The van der Waals surface area contributed by atoms with Crippen LogP contribution in [-0.4, -0.2) is 36.4 Å². The van der Waals surface area contributed by atoms with E-state index in [2.05, 4.69) is 26.8 Å². The maximum atomic E-state index is 4.80. The molecular weight excluding hydrogens is 320 g/mol. The molecule has 3 aromatic heterocycles. The number of hydrogen-bond acceptors (Lipinski definition) is 6. The van der Waals surface area contributed by atoms with Crippen molar-refractivity contribution < 1.29 is 0 Å². The van der Waals surface area contributed by atoms with E-state index in [4.69, 9.17) is 9.97 Å². The van der Waals surface area contributed by atoms with Crippen molar-refractivity contribution >= 4 is 11.3 Å². The fourth-order valence-corrected chi connectivity index (χ4v) is 4.04. The van der Waals surface area contributed by atoms with Crippen LogP contribution in [0.1, 0.15) is 41.0 Å². The number of imidazole rings is 1. The number of thiazole rings is 1. The number of H-pyrrole nitrogens is 1. The Morgan fingerprint density at radius 2 is 2.21 bits per heavy atom. The molecule has 6 nitrogen and oxygen atoms in total. The summed E-state index contributed by atoms with van der Waals surface area (Å²) < 4.78 is 0. The minimum Gasteiger partial charge on any atom is -0.343 e. The van der Waals surface area contributed by atoms with Gasteiger partial charge in [0.1, 0.15) is 11.5 Å². The highest BCUT2D eigenvalue weighted by Crippen LogP contribution is 2.33. The van der Waals surface area contributed by atoms with Crippen molar-refractivity contribution in [2.45, 2.75) is 39.3 Å². The van der Waals surface area contributed by atoms with Crippen LogP contribution in [0.15, 0.2) is 24.0 Å². The number of aromatic amines is 1. The van der Waals surface area contributed by atoms with E-state index in [0.29, 0.717) is 0 Å². The van der Waals surface area contributed by atoms with Crippen molar-refractivity contribution in [3.05, 3.63) is 46.1 Å². The molecule has 24 heavy (non-hydrogen) atoms. The fourth-order valence-electron chi connectivity index (χ4n) is 3.24. The zero-order chi connectivity index (χ0) is 16.5. The summed E-state index contributed by atoms with van der Waals surface area (Å²) >= 11 is 1.73. The molecule has 0 saturated carbocycles. The summed E-state index contributed by atoms with van der Waals surface area (Å²) in [6.45, 7) is 6.10. The Hall–Kier alpha value is -2.12. The number of likely N-dealkylation sites (tertiary alicyclic amines) is 1. The predicted molar refractivity (Wildman–Crippen MR) is 93.6 cm³/mol. The second kappa shape index (κ2) is 6.41. The Morgan fingerprint density at radius 3 is 2.96 bits per heavy atom. The Kier molecular flexibility index (Phi) is 4.12. The smallest absolute Gasteiger partial charge is 0.156 e. The number of aryl methyl sites for hydroxylation is 2. The van der Waals surface area contributed by atoms with Gasteiger partial charge in [-0.1, -0.05) is 0 Å². The van der Waals surface area contributed by atoms with E-state index in [1.165, 1.54) is 11.3 Å². The van der Waals surface area contributed by atoms with E-state index in [0.717, 1.165) is 48.2 Å². The van der Waals surface area contributed by atoms with Gasteiger partial charge in [0.25, 0.3) is 0 Å². The lowest BCUT2D eigenvalue weighted by Crippen LogP contribution is -2.24. The van der Waals surface area contributed by atoms with Crippen LogP contribution in [0.5, 0.6) is 0 Å². The van der Waals surface area contributed by atoms with Gasteiger partial charge in [0.15, 0.2) is 5.82 Å². The summed E-state index contributed by atoms with van der Waals surface area (Å²) in [4.78, 5) is 25.1. The molecule has 1 aliphatic heterocycles. The number of nitrogens with zero attached hydrogens (tertiary/aromatic N) is 5. The first-order valence-electron chi connectivity index (χ1n) is 8.19. The SMILES string of the molecule is Cc1cc(-c2ncc[nH]2)nc(C2CCCN2Cc2scnc2C)n1. The van der Waals surface area contributed by atoms with Gasteiger partial charge in [0, 0.05) is 29.5 Å². The van der Waals surface area contributed by atoms with Gasteiger partial charge in [-0.3, -0.25) is 4.90 Å². The van der Waals surface area contributed by atoms with Crippen molar-refractivity contribution in [1.82, 2.24) is 29.8 Å². The molecule has 0 aromatic carbocycles. The largest absolute Gasteiger partial charge is 0.343 e. The second-order valence-electron chi connectivity index (χ2n) is 6.18. The number of rotatable bonds is 4. The highest BCUT2D eigenvalue weighted by molar-refractivity contribution is 7.09. The predicted octanol–water partition coefficient (Wildman–Crippen LogP) is 3.28. The monoisotopic (exact) mass is 340 g/mol. The van der Waals surface area contributed by atoms with Crippen LogP contribution in [0.3, 0.4) is 0 Å². The molecule has 0 radical (unpaired) electrons. The Morgan fingerprint density at radius 1 is 1.29 bits per heavy atom. The highest BCUT2D eigenvalue weighted by Gasteiger charge is 2.29. The maximum Gasteiger partial charge on any atom is 0.156 e. The van der Waals surface area contributed by atoms with Crippen LogP contribution >= 0.6 is 11.3 Å². The quantitative estimate of drug-likeness (QED) is 0.789. The molecule has 1 atom stereocenters. The summed E-state index contributed by atoms with van der Waals surface area (Å²) in [5, 5.41) is 0. The normalized spacial score (nSPS) is 18.3. The number of aromatic nitrogens is 5. The van der Waals surface area contributed by atoms with Crippen LogP contribution in [0, 0.1) is 13.8 Å². The topological polar surface area (TPSA) is 70.6 Å². The third-order valence-corrected chi connectivity index (χ3v) is 5.39. The molecule has 4 heterocycles. The molecule has 124 valence electrons. The molecule has 0 spiro atoms. The van der Waals surface area contributed by atoms with Gasteiger partial charge in [-0.2, -0.15) is 0 Å². The first kappa shape index (κ1) is 15.4. The van der Waals surface area contributed by atoms with Crippen LogP contribution < -0.4 is 0 Å². The molecule has 0 aliphatic carbocycles. The summed E-state index contributed by atoms with van der Waals surface area (Å²) in [7, 11) is 0. The van der Waals surface area contributed by atoms with E-state index in [-0.39, 0.29) is 6.04 Å². The van der Waals surface area contributed by atoms with Crippen molar-refractivity contribution in [2.75, 3.05) is 6.54 Å². The van der Waals surface area contributed by atoms with Crippen LogP contribution in [0.4, 0.5) is 0 Å². The van der Waals surface area contributed by atoms with Gasteiger partial charge < -0.3 is 4.98 Å². The Balaban J connectivity index is 1.63. The molecule has 1 N–H and O–H groups in total. The van der Waals surface area contributed by atoms with Gasteiger partial charge in [0.2, 0.25) is 0 Å². The standard InChI is InChI=1S/C17H20N6S/c1-11-8-13(16-18-5-6-19-16)22-17(21-11)14-4-3-7-23(14)9-15-12(2)20-10-24-15/h5-6,8,10,14H,3-4,7,9H2,1-2H3,(H,18,19). The molecule has 7 heteroatoms. The molecular formula is C17H20N6S. The van der Waals surface area contributed by atoms with Gasteiger partial charge in [0.05, 0.1) is 17.2 Å². The van der Waals surface area contributed by atoms with Gasteiger partial charge in [-0.25, -0.2) is 19.9 Å². The third kappa shape index (κ3) is 2.97. The van der Waals surface area contributed by atoms with Gasteiger partial charge in [-0.15, -0.1) is 11.3 Å². The average Bonchev–Trinajstić information content (AvgIpc) is 3.30. The van der Waals surface area contributed by atoms with Crippen molar-refractivity contribution in [3.63, 3.8) is 0 Å². The van der Waals surface area contributed by atoms with Crippen molar-refractivity contribution in [2.24, 2.45) is 0 Å². The van der Waals surface area contributed by atoms with Gasteiger partial charge in [-0.05, 0) is 39.3 Å². The van der Waals surface area contributed by atoms with E-state index in [1.807, 2.05) is 24.7 Å². The molecule has 0 bridgehead atoms. The Bertz CT molecular complexity index is 825. The Labute approximate surface area is 145 Å². The first-order valence-corrected chi connectivity index (χ1v) is 9.07. The zero-order valence-electron chi connectivity index (χ0n) is 13.9. The fraction of sp³-hybridized carbons (Fsp3) is 0.412. The minimum atomic E-state index is 0.264. The lowest BCUT2D eigenvalue weighted by Gasteiger charge is -2.23. The molecule has 0 amide bonds. The van der Waals surface area contributed by atoms with Crippen LogP contribution in [-0.2, 0) is 6.54 Å². The lowest BCUT2D eigenvalue weighted by atomic mass is 10.2. The first-order chi connectivity index (χ1) is 11.7. The summed E-state index contributed by atoms with van der Waals surface area (Å²) in [5.74, 6) is 1.70. The van der Waals surface area contributed by atoms with Gasteiger partial charge >= 0.3 is 0 Å². The minimum absolute atomic E-state index is 0.264. The van der Waals surface area contributed by atoms with Crippen molar-refractivity contribution in [1.29, 1.82) is 0 Å². The van der Waals surface area contributed by atoms with Crippen LogP contribution in [0.2, 0.25) is 0 Å². The number of hydrogen-bond donors (Lipinski definition) is 1.